The van der Waals surface area contributed by atoms with Crippen molar-refractivity contribution in [1.82, 2.24) is 10.2 Å². The standard InChI is InChI=1S/C11H24N2O/c1-4-11(13(2)3)8-12-10-6-5-7-14-9-10/h10-12H,4-9H2,1-3H3. The summed E-state index contributed by atoms with van der Waals surface area (Å²) in [5, 5.41) is 3.59. The first-order valence-electron chi connectivity index (χ1n) is 5.71. The van der Waals surface area contributed by atoms with Crippen molar-refractivity contribution in [3.63, 3.8) is 0 Å². The Morgan fingerprint density at radius 3 is 2.79 bits per heavy atom. The molecule has 2 unspecified atom stereocenters. The van der Waals surface area contributed by atoms with Gasteiger partial charge in [-0.2, -0.15) is 0 Å². The Bertz CT molecular complexity index is 144. The maximum Gasteiger partial charge on any atom is 0.0619 e. The van der Waals surface area contributed by atoms with Crippen LogP contribution in [0.2, 0.25) is 0 Å². The molecule has 1 aliphatic rings. The van der Waals surface area contributed by atoms with Gasteiger partial charge in [-0.15, -0.1) is 0 Å². The van der Waals surface area contributed by atoms with E-state index in [9.17, 15) is 0 Å². The zero-order valence-electron chi connectivity index (χ0n) is 9.75. The van der Waals surface area contributed by atoms with Gasteiger partial charge in [-0.05, 0) is 33.4 Å². The van der Waals surface area contributed by atoms with Crippen molar-refractivity contribution in [3.8, 4) is 0 Å². The number of nitrogens with one attached hydrogen (secondary N) is 1. The molecule has 0 bridgehead atoms. The predicted octanol–water partition coefficient (Wildman–Crippen LogP) is 1.10. The van der Waals surface area contributed by atoms with Crippen molar-refractivity contribution >= 4 is 0 Å². The summed E-state index contributed by atoms with van der Waals surface area (Å²) in [5.41, 5.74) is 0. The van der Waals surface area contributed by atoms with E-state index < -0.39 is 0 Å². The number of hydrogen-bond acceptors (Lipinski definition) is 3. The van der Waals surface area contributed by atoms with Crippen LogP contribution in [0.25, 0.3) is 0 Å². The van der Waals surface area contributed by atoms with Gasteiger partial charge < -0.3 is 15.0 Å². The molecule has 3 nitrogen and oxygen atoms in total. The Kier molecular flexibility index (Phi) is 5.45. The van der Waals surface area contributed by atoms with Crippen LogP contribution in [0.1, 0.15) is 26.2 Å². The second-order valence-corrected chi connectivity index (χ2v) is 4.35. The summed E-state index contributed by atoms with van der Waals surface area (Å²) in [6.07, 6.45) is 3.67. The maximum absolute atomic E-state index is 5.43. The lowest BCUT2D eigenvalue weighted by molar-refractivity contribution is 0.0679. The fourth-order valence-electron chi connectivity index (χ4n) is 1.90. The van der Waals surface area contributed by atoms with Gasteiger partial charge in [0.2, 0.25) is 0 Å². The van der Waals surface area contributed by atoms with Crippen LogP contribution >= 0.6 is 0 Å². The lowest BCUT2D eigenvalue weighted by Crippen LogP contribution is -2.44. The van der Waals surface area contributed by atoms with Crippen LogP contribution in [-0.4, -0.2) is 50.8 Å². The minimum atomic E-state index is 0.581. The van der Waals surface area contributed by atoms with E-state index in [-0.39, 0.29) is 0 Å². The average molecular weight is 200 g/mol. The van der Waals surface area contributed by atoms with E-state index in [4.69, 9.17) is 4.74 Å². The van der Waals surface area contributed by atoms with Gasteiger partial charge in [0.05, 0.1) is 6.61 Å². The quantitative estimate of drug-likeness (QED) is 0.719. The first-order chi connectivity index (χ1) is 6.74. The summed E-state index contributed by atoms with van der Waals surface area (Å²) in [6, 6.07) is 1.23. The van der Waals surface area contributed by atoms with E-state index in [0.29, 0.717) is 12.1 Å². The fraction of sp³-hybridized carbons (Fsp3) is 1.00. The SMILES string of the molecule is CCC(CNC1CCCOC1)N(C)C. The summed E-state index contributed by atoms with van der Waals surface area (Å²) in [7, 11) is 4.29. The van der Waals surface area contributed by atoms with E-state index in [1.165, 1.54) is 19.3 Å². The van der Waals surface area contributed by atoms with Crippen molar-refractivity contribution in [2.24, 2.45) is 0 Å². The van der Waals surface area contributed by atoms with Crippen molar-refractivity contribution < 1.29 is 4.74 Å². The molecule has 1 rings (SSSR count). The van der Waals surface area contributed by atoms with Crippen LogP contribution in [0.5, 0.6) is 0 Å². The molecular weight excluding hydrogens is 176 g/mol. The van der Waals surface area contributed by atoms with Gasteiger partial charge in [-0.3, -0.25) is 0 Å². The molecule has 14 heavy (non-hydrogen) atoms. The highest BCUT2D eigenvalue weighted by Crippen LogP contribution is 2.06. The van der Waals surface area contributed by atoms with E-state index in [1.807, 2.05) is 0 Å². The van der Waals surface area contributed by atoms with Gasteiger partial charge in [0.25, 0.3) is 0 Å². The number of ether oxygens (including phenoxy) is 1. The minimum Gasteiger partial charge on any atom is -0.380 e. The van der Waals surface area contributed by atoms with Crippen molar-refractivity contribution in [2.75, 3.05) is 33.9 Å². The minimum absolute atomic E-state index is 0.581. The highest BCUT2D eigenvalue weighted by molar-refractivity contribution is 4.74. The third-order valence-corrected chi connectivity index (χ3v) is 3.00. The largest absolute Gasteiger partial charge is 0.380 e. The van der Waals surface area contributed by atoms with E-state index in [0.717, 1.165) is 19.8 Å². The molecule has 1 aliphatic heterocycles. The zero-order valence-corrected chi connectivity index (χ0v) is 9.75. The fourth-order valence-corrected chi connectivity index (χ4v) is 1.90. The van der Waals surface area contributed by atoms with Crippen LogP contribution in [0.3, 0.4) is 0 Å². The smallest absolute Gasteiger partial charge is 0.0619 e. The Morgan fingerprint density at radius 1 is 1.50 bits per heavy atom. The predicted molar refractivity (Wildman–Crippen MR) is 59.6 cm³/mol. The van der Waals surface area contributed by atoms with Crippen molar-refractivity contribution in [1.29, 1.82) is 0 Å². The van der Waals surface area contributed by atoms with Gasteiger partial charge in [-0.1, -0.05) is 6.92 Å². The average Bonchev–Trinajstić information content (AvgIpc) is 2.20. The maximum atomic E-state index is 5.43. The second-order valence-electron chi connectivity index (χ2n) is 4.35. The Hall–Kier alpha value is -0.120. The highest BCUT2D eigenvalue weighted by atomic mass is 16.5. The van der Waals surface area contributed by atoms with Crippen molar-refractivity contribution in [3.05, 3.63) is 0 Å². The number of nitrogens with zero attached hydrogens (tertiary/aromatic N) is 1. The molecule has 0 saturated carbocycles. The highest BCUT2D eigenvalue weighted by Gasteiger charge is 2.15. The van der Waals surface area contributed by atoms with Gasteiger partial charge in [-0.25, -0.2) is 0 Å². The third-order valence-electron chi connectivity index (χ3n) is 3.00. The van der Waals surface area contributed by atoms with Crippen LogP contribution < -0.4 is 5.32 Å². The molecule has 1 N–H and O–H groups in total. The molecule has 0 aliphatic carbocycles. The molecule has 0 spiro atoms. The molecule has 84 valence electrons. The van der Waals surface area contributed by atoms with Gasteiger partial charge in [0.1, 0.15) is 0 Å². The Balaban J connectivity index is 2.16. The lowest BCUT2D eigenvalue weighted by atomic mass is 10.1. The lowest BCUT2D eigenvalue weighted by Gasteiger charge is -2.28. The number of likely N-dealkylation sites (N-methyl/N-ethyl adjacent to an activating group) is 1. The number of hydrogen-bond donors (Lipinski definition) is 1. The molecule has 1 saturated heterocycles. The second kappa shape index (κ2) is 6.38. The van der Waals surface area contributed by atoms with Crippen LogP contribution in [0, 0.1) is 0 Å². The van der Waals surface area contributed by atoms with Crippen LogP contribution in [0.4, 0.5) is 0 Å². The van der Waals surface area contributed by atoms with Gasteiger partial charge in [0.15, 0.2) is 0 Å². The molecule has 0 aromatic carbocycles. The van der Waals surface area contributed by atoms with Crippen molar-refractivity contribution in [2.45, 2.75) is 38.3 Å². The topological polar surface area (TPSA) is 24.5 Å². The third kappa shape index (κ3) is 3.95. The first-order valence-corrected chi connectivity index (χ1v) is 5.71. The first kappa shape index (κ1) is 12.0. The number of rotatable bonds is 5. The summed E-state index contributed by atoms with van der Waals surface area (Å²) in [6.45, 7) is 5.16. The zero-order chi connectivity index (χ0) is 10.4. The molecule has 0 aromatic rings. The normalized spacial score (nSPS) is 25.3. The van der Waals surface area contributed by atoms with Gasteiger partial charge in [0, 0.05) is 25.2 Å². The van der Waals surface area contributed by atoms with Gasteiger partial charge >= 0.3 is 0 Å². The molecule has 1 heterocycles. The molecule has 0 aromatic heterocycles. The molecule has 3 heteroatoms. The summed E-state index contributed by atoms with van der Waals surface area (Å²) >= 11 is 0. The molecule has 0 amide bonds. The molecule has 2 atom stereocenters. The summed E-state index contributed by atoms with van der Waals surface area (Å²) < 4.78 is 5.43. The molecular formula is C11H24N2O. The summed E-state index contributed by atoms with van der Waals surface area (Å²) in [4.78, 5) is 2.29. The molecule has 1 fully saturated rings. The van der Waals surface area contributed by atoms with Crippen LogP contribution in [0.15, 0.2) is 0 Å². The monoisotopic (exact) mass is 200 g/mol. The van der Waals surface area contributed by atoms with Crippen LogP contribution in [-0.2, 0) is 4.74 Å². The summed E-state index contributed by atoms with van der Waals surface area (Å²) in [5.74, 6) is 0. The molecule has 0 radical (unpaired) electrons. The van der Waals surface area contributed by atoms with E-state index in [1.54, 1.807) is 0 Å². The van der Waals surface area contributed by atoms with E-state index >= 15 is 0 Å². The van der Waals surface area contributed by atoms with E-state index in [2.05, 4.69) is 31.2 Å². The Morgan fingerprint density at radius 2 is 2.29 bits per heavy atom. The Labute approximate surface area is 87.8 Å².